The minimum atomic E-state index is -0.674. The van der Waals surface area contributed by atoms with E-state index in [1.807, 2.05) is 47.8 Å². The number of amides is 3. The minimum Gasteiger partial charge on any atom is -0.321 e. The zero-order valence-corrected chi connectivity index (χ0v) is 13.2. The number of benzene rings is 1. The number of aromatic nitrogens is 2. The second kappa shape index (κ2) is 5.86. The van der Waals surface area contributed by atoms with Crippen molar-refractivity contribution in [3.05, 3.63) is 65.8 Å². The Kier molecular flexibility index (Phi) is 3.55. The Hall–Kier alpha value is -3.06. The van der Waals surface area contributed by atoms with Gasteiger partial charge in [0.25, 0.3) is 5.91 Å². The van der Waals surface area contributed by atoms with E-state index in [1.165, 1.54) is 11.3 Å². The van der Waals surface area contributed by atoms with Crippen LogP contribution in [0.3, 0.4) is 0 Å². The monoisotopic (exact) mass is 336 g/mol. The van der Waals surface area contributed by atoms with E-state index >= 15 is 0 Å². The Morgan fingerprint density at radius 3 is 2.54 bits per heavy atom. The topological polar surface area (TPSA) is 75.2 Å². The molecule has 0 spiro atoms. The summed E-state index contributed by atoms with van der Waals surface area (Å²) in [5, 5.41) is 4.90. The van der Waals surface area contributed by atoms with Gasteiger partial charge < -0.3 is 5.32 Å². The standard InChI is InChI=1S/C17H12N4O2S/c22-15-14(12-4-2-1-3-5-12)20-16(23)21(15)17-19-13(10-24-17)11-6-8-18-9-7-11/h1-10,14H,(H,20,23)/t14-/m1/s1. The average molecular weight is 336 g/mol. The highest BCUT2D eigenvalue weighted by Gasteiger charge is 2.41. The predicted octanol–water partition coefficient (Wildman–Crippen LogP) is 3.00. The van der Waals surface area contributed by atoms with Crippen LogP contribution < -0.4 is 10.2 Å². The largest absolute Gasteiger partial charge is 0.331 e. The van der Waals surface area contributed by atoms with E-state index < -0.39 is 12.1 Å². The number of hydrogen-bond acceptors (Lipinski definition) is 5. The molecule has 0 radical (unpaired) electrons. The van der Waals surface area contributed by atoms with Crippen LogP contribution in [0.2, 0.25) is 0 Å². The molecule has 1 aliphatic rings. The van der Waals surface area contributed by atoms with Crippen LogP contribution in [0, 0.1) is 0 Å². The van der Waals surface area contributed by atoms with Gasteiger partial charge >= 0.3 is 6.03 Å². The van der Waals surface area contributed by atoms with Gasteiger partial charge in [-0.3, -0.25) is 9.78 Å². The number of imide groups is 1. The molecule has 1 N–H and O–H groups in total. The number of hydrogen-bond donors (Lipinski definition) is 1. The van der Waals surface area contributed by atoms with Gasteiger partial charge in [0.15, 0.2) is 0 Å². The maximum absolute atomic E-state index is 12.7. The van der Waals surface area contributed by atoms with Gasteiger partial charge in [-0.1, -0.05) is 30.3 Å². The number of thiazole rings is 1. The van der Waals surface area contributed by atoms with Crippen LogP contribution in [0.5, 0.6) is 0 Å². The number of nitrogens with one attached hydrogen (secondary N) is 1. The van der Waals surface area contributed by atoms with Gasteiger partial charge in [-0.05, 0) is 17.7 Å². The van der Waals surface area contributed by atoms with Crippen molar-refractivity contribution in [2.24, 2.45) is 0 Å². The molecule has 0 aliphatic carbocycles. The molecule has 3 heterocycles. The number of carbonyl (C=O) groups excluding carboxylic acids is 2. The van der Waals surface area contributed by atoms with Crippen molar-refractivity contribution >= 4 is 28.4 Å². The lowest BCUT2D eigenvalue weighted by atomic mass is 10.1. The second-order valence-electron chi connectivity index (χ2n) is 5.22. The molecule has 6 nitrogen and oxygen atoms in total. The number of nitrogens with zero attached hydrogens (tertiary/aromatic N) is 3. The molecule has 0 unspecified atom stereocenters. The van der Waals surface area contributed by atoms with E-state index in [0.29, 0.717) is 10.8 Å². The van der Waals surface area contributed by atoms with Gasteiger partial charge in [-0.15, -0.1) is 11.3 Å². The summed E-state index contributed by atoms with van der Waals surface area (Å²) in [6.07, 6.45) is 3.35. The Labute approximate surface area is 141 Å². The van der Waals surface area contributed by atoms with E-state index in [4.69, 9.17) is 0 Å². The van der Waals surface area contributed by atoms with Crippen LogP contribution in [0.25, 0.3) is 11.3 Å². The Morgan fingerprint density at radius 2 is 1.79 bits per heavy atom. The van der Waals surface area contributed by atoms with Crippen molar-refractivity contribution < 1.29 is 9.59 Å². The van der Waals surface area contributed by atoms with Crippen molar-refractivity contribution in [1.29, 1.82) is 0 Å². The molecule has 1 atom stereocenters. The summed E-state index contributed by atoms with van der Waals surface area (Å²) < 4.78 is 0. The van der Waals surface area contributed by atoms with Gasteiger partial charge in [0.2, 0.25) is 5.13 Å². The summed E-state index contributed by atoms with van der Waals surface area (Å²) in [6.45, 7) is 0. The normalized spacial score (nSPS) is 17.2. The first kappa shape index (κ1) is 14.5. The Balaban J connectivity index is 1.64. The summed E-state index contributed by atoms with van der Waals surface area (Å²) in [6, 6.07) is 11.7. The third-order valence-electron chi connectivity index (χ3n) is 3.73. The molecular weight excluding hydrogens is 324 g/mol. The minimum absolute atomic E-state index is 0.318. The lowest BCUT2D eigenvalue weighted by Gasteiger charge is -2.09. The highest BCUT2D eigenvalue weighted by molar-refractivity contribution is 7.14. The summed E-state index contributed by atoms with van der Waals surface area (Å²) in [4.78, 5) is 34.4. The van der Waals surface area contributed by atoms with Crippen LogP contribution in [0.15, 0.2) is 60.2 Å². The van der Waals surface area contributed by atoms with Crippen LogP contribution in [0.4, 0.5) is 9.93 Å². The van der Waals surface area contributed by atoms with E-state index in [0.717, 1.165) is 16.0 Å². The zero-order valence-electron chi connectivity index (χ0n) is 12.4. The van der Waals surface area contributed by atoms with Gasteiger partial charge in [0, 0.05) is 23.3 Å². The highest BCUT2D eigenvalue weighted by atomic mass is 32.1. The molecule has 1 aromatic carbocycles. The maximum atomic E-state index is 12.7. The fraction of sp³-hybridized carbons (Fsp3) is 0.0588. The number of urea groups is 1. The fourth-order valence-corrected chi connectivity index (χ4v) is 3.39. The highest BCUT2D eigenvalue weighted by Crippen LogP contribution is 2.32. The van der Waals surface area contributed by atoms with Crippen molar-refractivity contribution in [1.82, 2.24) is 15.3 Å². The molecule has 118 valence electrons. The molecule has 3 aromatic rings. The smallest absolute Gasteiger partial charge is 0.321 e. The van der Waals surface area contributed by atoms with E-state index in [1.54, 1.807) is 12.4 Å². The first-order valence-electron chi connectivity index (χ1n) is 7.29. The Morgan fingerprint density at radius 1 is 1.04 bits per heavy atom. The van der Waals surface area contributed by atoms with Gasteiger partial charge in [-0.2, -0.15) is 0 Å². The third kappa shape index (κ3) is 2.44. The maximum Gasteiger partial charge on any atom is 0.331 e. The number of rotatable bonds is 3. The summed E-state index contributed by atoms with van der Waals surface area (Å²) in [5.74, 6) is -0.318. The number of pyridine rings is 1. The molecule has 7 heteroatoms. The molecule has 1 saturated heterocycles. The molecular formula is C17H12N4O2S. The Bertz CT molecular complexity index is 895. The predicted molar refractivity (Wildman–Crippen MR) is 90.5 cm³/mol. The molecule has 24 heavy (non-hydrogen) atoms. The molecule has 1 aliphatic heterocycles. The van der Waals surface area contributed by atoms with E-state index in [2.05, 4.69) is 15.3 Å². The fourth-order valence-electron chi connectivity index (χ4n) is 2.55. The molecule has 1 fully saturated rings. The quantitative estimate of drug-likeness (QED) is 0.746. The number of carbonyl (C=O) groups is 2. The van der Waals surface area contributed by atoms with E-state index in [9.17, 15) is 9.59 Å². The second-order valence-corrected chi connectivity index (χ2v) is 6.05. The molecule has 4 rings (SSSR count). The SMILES string of the molecule is O=C1N[C@H](c2ccccc2)C(=O)N1c1nc(-c2ccncc2)cs1. The van der Waals surface area contributed by atoms with Crippen LogP contribution in [-0.4, -0.2) is 21.9 Å². The lowest BCUT2D eigenvalue weighted by Crippen LogP contribution is -2.30. The average Bonchev–Trinajstić information content (AvgIpc) is 3.21. The van der Waals surface area contributed by atoms with Gasteiger partial charge in [0.1, 0.15) is 6.04 Å². The summed E-state index contributed by atoms with van der Waals surface area (Å²) >= 11 is 1.26. The van der Waals surface area contributed by atoms with Gasteiger partial charge in [-0.25, -0.2) is 14.7 Å². The summed E-state index contributed by atoms with van der Waals surface area (Å²) in [5.41, 5.74) is 2.35. The molecule has 0 saturated carbocycles. The van der Waals surface area contributed by atoms with Crippen molar-refractivity contribution in [3.63, 3.8) is 0 Å². The van der Waals surface area contributed by atoms with Crippen LogP contribution in [-0.2, 0) is 4.79 Å². The van der Waals surface area contributed by atoms with Crippen LogP contribution >= 0.6 is 11.3 Å². The van der Waals surface area contributed by atoms with Crippen molar-refractivity contribution in [2.45, 2.75) is 6.04 Å². The van der Waals surface area contributed by atoms with Crippen molar-refractivity contribution in [2.75, 3.05) is 4.90 Å². The molecule has 2 aromatic heterocycles. The molecule has 0 bridgehead atoms. The first-order chi connectivity index (χ1) is 11.7. The number of anilines is 1. The van der Waals surface area contributed by atoms with E-state index in [-0.39, 0.29) is 5.91 Å². The first-order valence-corrected chi connectivity index (χ1v) is 8.17. The van der Waals surface area contributed by atoms with Crippen molar-refractivity contribution in [3.8, 4) is 11.3 Å². The molecule has 3 amide bonds. The third-order valence-corrected chi connectivity index (χ3v) is 4.56. The van der Waals surface area contributed by atoms with Crippen LogP contribution in [0.1, 0.15) is 11.6 Å². The zero-order chi connectivity index (χ0) is 16.5. The summed E-state index contributed by atoms with van der Waals surface area (Å²) in [7, 11) is 0. The van der Waals surface area contributed by atoms with Gasteiger partial charge in [0.05, 0.1) is 5.69 Å². The lowest BCUT2D eigenvalue weighted by molar-refractivity contribution is -0.118.